The van der Waals surface area contributed by atoms with E-state index in [0.717, 1.165) is 17.7 Å². The van der Waals surface area contributed by atoms with E-state index in [0.29, 0.717) is 30.0 Å². The molecule has 0 aliphatic carbocycles. The minimum atomic E-state index is -0.344. The van der Waals surface area contributed by atoms with E-state index in [1.807, 2.05) is 29.2 Å². The molecule has 2 aliphatic heterocycles. The smallest absolute Gasteiger partial charge is 0.257 e. The molecule has 28 heavy (non-hydrogen) atoms. The molecule has 0 spiro atoms. The van der Waals surface area contributed by atoms with E-state index >= 15 is 0 Å². The number of carbonyl (C=O) groups excluding carboxylic acids is 2. The molecule has 0 radical (unpaired) electrons. The second-order valence-electron chi connectivity index (χ2n) is 7.00. The lowest BCUT2D eigenvalue weighted by molar-refractivity contribution is -0.119. The highest BCUT2D eigenvalue weighted by Crippen LogP contribution is 2.31. The summed E-state index contributed by atoms with van der Waals surface area (Å²) in [6, 6.07) is 12.4. The van der Waals surface area contributed by atoms with Gasteiger partial charge in [0.05, 0.1) is 11.3 Å². The number of nitrogens with one attached hydrogen (secondary N) is 3. The fourth-order valence-electron chi connectivity index (χ4n) is 3.68. The maximum Gasteiger partial charge on any atom is 0.257 e. The normalized spacial score (nSPS) is 19.5. The Bertz CT molecular complexity index is 973. The Hall–Kier alpha value is -3.35. The maximum atomic E-state index is 14.6. The molecule has 0 saturated carbocycles. The molecule has 1 atom stereocenters. The number of amides is 2. The summed E-state index contributed by atoms with van der Waals surface area (Å²) < 4.78 is 14.6. The van der Waals surface area contributed by atoms with Crippen molar-refractivity contribution in [1.29, 1.82) is 0 Å². The zero-order chi connectivity index (χ0) is 19.7. The van der Waals surface area contributed by atoms with Gasteiger partial charge in [-0.25, -0.2) is 4.39 Å². The Balaban J connectivity index is 1.47. The van der Waals surface area contributed by atoms with Crippen LogP contribution in [0.4, 0.5) is 21.5 Å². The number of nitrogens with zero attached hydrogens (tertiary/aromatic N) is 1. The molecule has 3 N–H and O–H groups in total. The number of anilines is 3. The summed E-state index contributed by atoms with van der Waals surface area (Å²) in [7, 11) is 0. The Morgan fingerprint density at radius 1 is 1.29 bits per heavy atom. The lowest BCUT2D eigenvalue weighted by atomic mass is 10.1. The van der Waals surface area contributed by atoms with Gasteiger partial charge in [-0.3, -0.25) is 9.59 Å². The molecule has 2 aromatic rings. The molecule has 0 aromatic heterocycles. The van der Waals surface area contributed by atoms with Gasteiger partial charge in [0.15, 0.2) is 0 Å². The van der Waals surface area contributed by atoms with Gasteiger partial charge >= 0.3 is 0 Å². The SMILES string of the molecule is CC(=O)NC1CCN(c2ccc(NC=C3C(=O)Nc4ccccc43)cc2F)C1. The quantitative estimate of drug-likeness (QED) is 0.713. The summed E-state index contributed by atoms with van der Waals surface area (Å²) in [5.74, 6) is -0.604. The van der Waals surface area contributed by atoms with E-state index in [4.69, 9.17) is 0 Å². The fraction of sp³-hybridized carbons (Fsp3) is 0.238. The summed E-state index contributed by atoms with van der Waals surface area (Å²) in [4.78, 5) is 25.2. The number of para-hydroxylation sites is 1. The summed E-state index contributed by atoms with van der Waals surface area (Å²) in [5.41, 5.74) is 3.17. The van der Waals surface area contributed by atoms with Gasteiger partial charge in [0.1, 0.15) is 5.82 Å². The fourth-order valence-corrected chi connectivity index (χ4v) is 3.68. The molecule has 2 amide bonds. The first-order valence-corrected chi connectivity index (χ1v) is 9.20. The van der Waals surface area contributed by atoms with Crippen LogP contribution in [-0.4, -0.2) is 30.9 Å². The van der Waals surface area contributed by atoms with Crippen LogP contribution in [0.3, 0.4) is 0 Å². The summed E-state index contributed by atoms with van der Waals surface area (Å²) in [6.45, 7) is 2.77. The van der Waals surface area contributed by atoms with Gasteiger partial charge in [-0.1, -0.05) is 18.2 Å². The first-order chi connectivity index (χ1) is 13.5. The van der Waals surface area contributed by atoms with Crippen LogP contribution < -0.4 is 20.9 Å². The third kappa shape index (κ3) is 3.55. The van der Waals surface area contributed by atoms with Gasteiger partial charge < -0.3 is 20.9 Å². The van der Waals surface area contributed by atoms with Crippen molar-refractivity contribution in [3.05, 3.63) is 60.0 Å². The maximum absolute atomic E-state index is 14.6. The monoisotopic (exact) mass is 380 g/mol. The molecule has 0 bridgehead atoms. The van der Waals surface area contributed by atoms with Crippen LogP contribution in [0.15, 0.2) is 48.7 Å². The zero-order valence-corrected chi connectivity index (χ0v) is 15.5. The largest absolute Gasteiger partial charge is 0.367 e. The topological polar surface area (TPSA) is 73.5 Å². The number of rotatable bonds is 4. The molecular formula is C21H21FN4O2. The van der Waals surface area contributed by atoms with Gasteiger partial charge in [-0.05, 0) is 30.7 Å². The average molecular weight is 380 g/mol. The van der Waals surface area contributed by atoms with Crippen molar-refractivity contribution in [3.8, 4) is 0 Å². The Morgan fingerprint density at radius 3 is 2.89 bits per heavy atom. The van der Waals surface area contributed by atoms with Crippen LogP contribution in [0.1, 0.15) is 18.9 Å². The van der Waals surface area contributed by atoms with E-state index in [1.54, 1.807) is 18.3 Å². The van der Waals surface area contributed by atoms with E-state index < -0.39 is 0 Å². The van der Waals surface area contributed by atoms with Crippen LogP contribution in [0.25, 0.3) is 5.57 Å². The molecule has 2 aliphatic rings. The number of benzene rings is 2. The Morgan fingerprint density at radius 2 is 2.11 bits per heavy atom. The number of hydrogen-bond acceptors (Lipinski definition) is 4. The van der Waals surface area contributed by atoms with Gasteiger partial charge in [0.2, 0.25) is 5.91 Å². The van der Waals surface area contributed by atoms with Crippen molar-refractivity contribution in [2.24, 2.45) is 0 Å². The van der Waals surface area contributed by atoms with Crippen LogP contribution in [0, 0.1) is 5.82 Å². The Kier molecular flexibility index (Phi) is 4.73. The van der Waals surface area contributed by atoms with Gasteiger partial charge in [-0.15, -0.1) is 0 Å². The van der Waals surface area contributed by atoms with E-state index in [1.165, 1.54) is 13.0 Å². The first-order valence-electron chi connectivity index (χ1n) is 9.20. The van der Waals surface area contributed by atoms with E-state index in [2.05, 4.69) is 16.0 Å². The average Bonchev–Trinajstić information content (AvgIpc) is 3.23. The van der Waals surface area contributed by atoms with Crippen molar-refractivity contribution in [1.82, 2.24) is 5.32 Å². The van der Waals surface area contributed by atoms with Crippen LogP contribution in [0.2, 0.25) is 0 Å². The molecule has 2 heterocycles. The molecule has 7 heteroatoms. The van der Waals surface area contributed by atoms with Crippen LogP contribution in [-0.2, 0) is 9.59 Å². The molecule has 1 unspecified atom stereocenters. The summed E-state index contributed by atoms with van der Waals surface area (Å²) in [5, 5.41) is 8.69. The number of fused-ring (bicyclic) bond motifs is 1. The molecule has 6 nitrogen and oxygen atoms in total. The highest BCUT2D eigenvalue weighted by Gasteiger charge is 2.25. The van der Waals surface area contributed by atoms with Crippen LogP contribution in [0.5, 0.6) is 0 Å². The number of carbonyl (C=O) groups is 2. The highest BCUT2D eigenvalue weighted by atomic mass is 19.1. The van der Waals surface area contributed by atoms with Gasteiger partial charge in [0, 0.05) is 49.2 Å². The van der Waals surface area contributed by atoms with Crippen molar-refractivity contribution < 1.29 is 14.0 Å². The third-order valence-electron chi connectivity index (χ3n) is 4.98. The van der Waals surface area contributed by atoms with E-state index in [-0.39, 0.29) is 23.7 Å². The molecule has 1 saturated heterocycles. The predicted molar refractivity (Wildman–Crippen MR) is 108 cm³/mol. The summed E-state index contributed by atoms with van der Waals surface area (Å²) in [6.07, 6.45) is 2.39. The standard InChI is InChI=1S/C21H21FN4O2/c1-13(27)24-15-8-9-26(12-15)20-7-6-14(10-18(20)22)23-11-17-16-4-2-3-5-19(16)25-21(17)28/h2-7,10-11,15,23H,8-9,12H2,1H3,(H,24,27)(H,25,28). The lowest BCUT2D eigenvalue weighted by Crippen LogP contribution is -2.35. The number of hydrogen-bond donors (Lipinski definition) is 3. The van der Waals surface area contributed by atoms with Crippen LogP contribution >= 0.6 is 0 Å². The molecule has 1 fully saturated rings. The molecular weight excluding hydrogens is 359 g/mol. The lowest BCUT2D eigenvalue weighted by Gasteiger charge is -2.20. The second-order valence-corrected chi connectivity index (χ2v) is 7.00. The highest BCUT2D eigenvalue weighted by molar-refractivity contribution is 6.31. The van der Waals surface area contributed by atoms with Crippen molar-refractivity contribution >= 4 is 34.4 Å². The molecule has 2 aromatic carbocycles. The minimum Gasteiger partial charge on any atom is -0.367 e. The molecule has 4 rings (SSSR count). The predicted octanol–water partition coefficient (Wildman–Crippen LogP) is 2.95. The second kappa shape index (κ2) is 7.34. The van der Waals surface area contributed by atoms with E-state index in [9.17, 15) is 14.0 Å². The number of halogens is 1. The van der Waals surface area contributed by atoms with Gasteiger partial charge in [-0.2, -0.15) is 0 Å². The first kappa shape index (κ1) is 18.0. The van der Waals surface area contributed by atoms with Crippen molar-refractivity contribution in [2.45, 2.75) is 19.4 Å². The third-order valence-corrected chi connectivity index (χ3v) is 4.98. The van der Waals surface area contributed by atoms with Gasteiger partial charge in [0.25, 0.3) is 5.91 Å². The Labute approximate surface area is 162 Å². The molecule has 144 valence electrons. The zero-order valence-electron chi connectivity index (χ0n) is 15.5. The van der Waals surface area contributed by atoms with Crippen molar-refractivity contribution in [3.63, 3.8) is 0 Å². The minimum absolute atomic E-state index is 0.0420. The summed E-state index contributed by atoms with van der Waals surface area (Å²) >= 11 is 0. The van der Waals surface area contributed by atoms with Crippen molar-refractivity contribution in [2.75, 3.05) is 28.6 Å².